The summed E-state index contributed by atoms with van der Waals surface area (Å²) >= 11 is 0. The van der Waals surface area contributed by atoms with Crippen LogP contribution in [0.25, 0.3) is 11.0 Å². The number of anilines is 1. The van der Waals surface area contributed by atoms with E-state index < -0.39 is 0 Å². The summed E-state index contributed by atoms with van der Waals surface area (Å²) in [7, 11) is 0. The fourth-order valence-electron chi connectivity index (χ4n) is 3.96. The third-order valence-electron chi connectivity index (χ3n) is 5.64. The Hall–Kier alpha value is -3.53. The normalized spacial score (nSPS) is 11.3. The number of nitrogens with one attached hydrogen (secondary N) is 1. The van der Waals surface area contributed by atoms with E-state index in [0.29, 0.717) is 5.58 Å². The summed E-state index contributed by atoms with van der Waals surface area (Å²) in [5, 5.41) is 4.05. The second kappa shape index (κ2) is 9.31. The van der Waals surface area contributed by atoms with E-state index >= 15 is 0 Å². The summed E-state index contributed by atoms with van der Waals surface area (Å²) in [6.07, 6.45) is 0. The molecule has 1 aromatic heterocycles. The van der Waals surface area contributed by atoms with Gasteiger partial charge in [0.15, 0.2) is 5.76 Å². The Bertz CT molecular complexity index is 1200. The highest BCUT2D eigenvalue weighted by atomic mass is 16.5. The number of ether oxygens (including phenoxy) is 1. The molecule has 0 spiro atoms. The number of carbonyl (C=O) groups excluding carboxylic acids is 1. The molecular formula is C28H29NO3. The first-order valence-electron chi connectivity index (χ1n) is 11.1. The zero-order valence-electron chi connectivity index (χ0n) is 19.0. The van der Waals surface area contributed by atoms with Crippen molar-refractivity contribution in [2.24, 2.45) is 0 Å². The third-order valence-corrected chi connectivity index (χ3v) is 5.64. The van der Waals surface area contributed by atoms with Gasteiger partial charge in [-0.05, 0) is 41.2 Å². The van der Waals surface area contributed by atoms with Gasteiger partial charge in [-0.3, -0.25) is 4.79 Å². The largest absolute Gasteiger partial charge is 0.489 e. The number of benzene rings is 3. The Labute approximate surface area is 189 Å². The maximum absolute atomic E-state index is 13.5. The number of carbonyl (C=O) groups is 1. The van der Waals surface area contributed by atoms with Crippen molar-refractivity contribution in [1.82, 2.24) is 0 Å². The molecule has 0 aliphatic rings. The summed E-state index contributed by atoms with van der Waals surface area (Å²) in [4.78, 5) is 13.5. The first-order valence-corrected chi connectivity index (χ1v) is 11.1. The van der Waals surface area contributed by atoms with Crippen molar-refractivity contribution < 1.29 is 13.9 Å². The zero-order chi connectivity index (χ0) is 22.7. The number of amides is 1. The van der Waals surface area contributed by atoms with E-state index in [1.165, 1.54) is 0 Å². The number of fused-ring (bicyclic) bond motifs is 1. The highest BCUT2D eigenvalue weighted by Crippen LogP contribution is 2.34. The molecular weight excluding hydrogens is 398 g/mol. The number of hydrogen-bond donors (Lipinski definition) is 1. The van der Waals surface area contributed by atoms with Crippen molar-refractivity contribution in [3.8, 4) is 5.75 Å². The van der Waals surface area contributed by atoms with E-state index in [2.05, 4.69) is 51.2 Å². The second-order valence-corrected chi connectivity index (χ2v) is 8.58. The van der Waals surface area contributed by atoms with Crippen molar-refractivity contribution >= 4 is 22.6 Å². The lowest BCUT2D eigenvalue weighted by atomic mass is 9.92. The average molecular weight is 428 g/mol. The fourth-order valence-corrected chi connectivity index (χ4v) is 3.96. The van der Waals surface area contributed by atoms with E-state index in [0.717, 1.165) is 33.5 Å². The molecule has 3 aromatic carbocycles. The lowest BCUT2D eigenvalue weighted by Crippen LogP contribution is -2.17. The Morgan fingerprint density at radius 2 is 1.47 bits per heavy atom. The third kappa shape index (κ3) is 4.40. The first-order chi connectivity index (χ1) is 15.5. The highest BCUT2D eigenvalue weighted by molar-refractivity contribution is 6.07. The van der Waals surface area contributed by atoms with Gasteiger partial charge in [-0.1, -0.05) is 82.3 Å². The predicted octanol–water partition coefficient (Wildman–Crippen LogP) is 7.51. The van der Waals surface area contributed by atoms with Crippen LogP contribution in [0.2, 0.25) is 0 Å². The van der Waals surface area contributed by atoms with Crippen LogP contribution >= 0.6 is 0 Å². The molecule has 0 bridgehead atoms. The lowest BCUT2D eigenvalue weighted by Gasteiger charge is -2.20. The molecule has 0 radical (unpaired) electrons. The van der Waals surface area contributed by atoms with Crippen LogP contribution < -0.4 is 10.1 Å². The van der Waals surface area contributed by atoms with Gasteiger partial charge in [-0.25, -0.2) is 0 Å². The summed E-state index contributed by atoms with van der Waals surface area (Å²) in [6, 6.07) is 23.5. The maximum Gasteiger partial charge on any atom is 0.291 e. The predicted molar refractivity (Wildman–Crippen MR) is 130 cm³/mol. The summed E-state index contributed by atoms with van der Waals surface area (Å²) in [5.74, 6) is 1.33. The average Bonchev–Trinajstić information content (AvgIpc) is 3.17. The topological polar surface area (TPSA) is 51.5 Å². The van der Waals surface area contributed by atoms with Crippen molar-refractivity contribution in [2.45, 2.75) is 46.1 Å². The van der Waals surface area contributed by atoms with Gasteiger partial charge in [-0.2, -0.15) is 0 Å². The Balaban J connectivity index is 1.72. The number of hydrogen-bond acceptors (Lipinski definition) is 3. The van der Waals surface area contributed by atoms with Gasteiger partial charge in [0.05, 0.1) is 0 Å². The smallest absolute Gasteiger partial charge is 0.291 e. The van der Waals surface area contributed by atoms with Crippen LogP contribution in [-0.4, -0.2) is 5.91 Å². The van der Waals surface area contributed by atoms with Crippen molar-refractivity contribution in [2.75, 3.05) is 5.32 Å². The minimum Gasteiger partial charge on any atom is -0.489 e. The van der Waals surface area contributed by atoms with E-state index in [4.69, 9.17) is 9.15 Å². The Morgan fingerprint density at radius 1 is 0.844 bits per heavy atom. The molecule has 32 heavy (non-hydrogen) atoms. The van der Waals surface area contributed by atoms with Crippen LogP contribution in [0.4, 0.5) is 5.69 Å². The molecule has 0 aliphatic heterocycles. The van der Waals surface area contributed by atoms with Crippen LogP contribution in [0.15, 0.2) is 77.2 Å². The van der Waals surface area contributed by atoms with Crippen LogP contribution in [-0.2, 0) is 6.61 Å². The van der Waals surface area contributed by atoms with Crippen LogP contribution in [0.1, 0.15) is 66.8 Å². The minimum absolute atomic E-state index is 0.243. The molecule has 0 atom stereocenters. The fraction of sp³-hybridized carbons (Fsp3) is 0.250. The molecule has 1 N–H and O–H groups in total. The molecule has 4 heteroatoms. The molecule has 4 rings (SSSR count). The van der Waals surface area contributed by atoms with Gasteiger partial charge >= 0.3 is 0 Å². The summed E-state index contributed by atoms with van der Waals surface area (Å²) in [6.45, 7) is 8.78. The van der Waals surface area contributed by atoms with Gasteiger partial charge in [0.1, 0.15) is 17.9 Å². The molecule has 1 heterocycles. The molecule has 1 amide bonds. The van der Waals surface area contributed by atoms with Gasteiger partial charge < -0.3 is 14.5 Å². The quantitative estimate of drug-likeness (QED) is 0.332. The van der Waals surface area contributed by atoms with E-state index in [9.17, 15) is 4.79 Å². The first kappa shape index (κ1) is 21.7. The highest BCUT2D eigenvalue weighted by Gasteiger charge is 2.24. The summed E-state index contributed by atoms with van der Waals surface area (Å²) < 4.78 is 12.0. The van der Waals surface area contributed by atoms with Crippen molar-refractivity contribution in [1.29, 1.82) is 0 Å². The molecule has 0 aliphatic carbocycles. The standard InChI is InChI=1S/C28H29NO3/c1-18(2)21-14-10-15-22(19(3)4)26(21)29-28(30)27-24(17-31-20-11-6-5-7-12-20)23-13-8-9-16-25(23)32-27/h5-16,18-19H,17H2,1-4H3,(H,29,30). The molecule has 4 nitrogen and oxygen atoms in total. The second-order valence-electron chi connectivity index (χ2n) is 8.58. The van der Waals surface area contributed by atoms with Crippen molar-refractivity contribution in [3.63, 3.8) is 0 Å². The zero-order valence-corrected chi connectivity index (χ0v) is 19.0. The molecule has 0 fully saturated rings. The molecule has 4 aromatic rings. The molecule has 0 unspecified atom stereocenters. The summed E-state index contributed by atoms with van der Waals surface area (Å²) in [5.41, 5.74) is 4.52. The van der Waals surface area contributed by atoms with E-state index in [1.807, 2.05) is 54.6 Å². The van der Waals surface area contributed by atoms with Gasteiger partial charge in [0.25, 0.3) is 5.91 Å². The van der Waals surface area contributed by atoms with Gasteiger partial charge in [0, 0.05) is 16.6 Å². The lowest BCUT2D eigenvalue weighted by molar-refractivity contribution is 0.0995. The van der Waals surface area contributed by atoms with Crippen LogP contribution in [0, 0.1) is 0 Å². The minimum atomic E-state index is -0.261. The molecule has 164 valence electrons. The van der Waals surface area contributed by atoms with E-state index in [1.54, 1.807) is 0 Å². The monoisotopic (exact) mass is 427 g/mol. The molecule has 0 saturated heterocycles. The Morgan fingerprint density at radius 3 is 2.12 bits per heavy atom. The number of rotatable bonds is 7. The van der Waals surface area contributed by atoms with Crippen LogP contribution in [0.5, 0.6) is 5.75 Å². The van der Waals surface area contributed by atoms with Gasteiger partial charge in [0.2, 0.25) is 0 Å². The van der Waals surface area contributed by atoms with E-state index in [-0.39, 0.29) is 30.1 Å². The van der Waals surface area contributed by atoms with Crippen molar-refractivity contribution in [3.05, 3.63) is 95.2 Å². The van der Waals surface area contributed by atoms with Crippen LogP contribution in [0.3, 0.4) is 0 Å². The maximum atomic E-state index is 13.5. The van der Waals surface area contributed by atoms with Gasteiger partial charge in [-0.15, -0.1) is 0 Å². The number of para-hydroxylation sites is 3. The Kier molecular flexibility index (Phi) is 6.31. The molecule has 0 saturated carbocycles. The number of furan rings is 1. The SMILES string of the molecule is CC(C)c1cccc(C(C)C)c1NC(=O)c1oc2ccccc2c1COc1ccccc1.